The smallest absolute Gasteiger partial charge is 0.319 e. The fourth-order valence-electron chi connectivity index (χ4n) is 7.70. The molecule has 0 aliphatic carbocycles. The number of hydrogen-bond donors (Lipinski definition) is 2. The first-order valence-corrected chi connectivity index (χ1v) is 16.5. The number of likely N-dealkylation sites (tertiary alicyclic amines) is 1. The van der Waals surface area contributed by atoms with Gasteiger partial charge in [-0.15, -0.1) is 11.3 Å². The van der Waals surface area contributed by atoms with Crippen LogP contribution in [0.2, 0.25) is 0 Å². The van der Waals surface area contributed by atoms with Gasteiger partial charge in [0.15, 0.2) is 11.6 Å². The van der Waals surface area contributed by atoms with Crippen LogP contribution in [0.15, 0.2) is 6.20 Å². The highest BCUT2D eigenvalue weighted by Gasteiger charge is 2.40. The molecule has 0 spiro atoms. The van der Waals surface area contributed by atoms with Crippen molar-refractivity contribution in [3.05, 3.63) is 34.5 Å². The lowest BCUT2D eigenvalue weighted by atomic mass is 9.93. The maximum absolute atomic E-state index is 17.2. The Morgan fingerprint density at radius 3 is 2.85 bits per heavy atom. The molecule has 15 heteroatoms. The molecule has 10 nitrogen and oxygen atoms in total. The van der Waals surface area contributed by atoms with Crippen LogP contribution in [0.1, 0.15) is 42.4 Å². The van der Waals surface area contributed by atoms with Gasteiger partial charge in [-0.25, -0.2) is 17.6 Å². The number of nitrogens with one attached hydrogen (secondary N) is 1. The molecular weight excluding hydrogens is 636 g/mol. The Morgan fingerprint density at radius 2 is 2.04 bits per heavy atom. The number of halogens is 4. The second-order valence-corrected chi connectivity index (χ2v) is 14.0. The lowest BCUT2D eigenvalue weighted by Gasteiger charge is -2.36. The van der Waals surface area contributed by atoms with Gasteiger partial charge < -0.3 is 25.4 Å². The van der Waals surface area contributed by atoms with E-state index in [4.69, 9.17) is 20.2 Å². The average Bonchev–Trinajstić information content (AvgIpc) is 3.71. The second-order valence-electron chi connectivity index (χ2n) is 13.0. The third-order valence-electron chi connectivity index (χ3n) is 10.0. The van der Waals surface area contributed by atoms with Crippen LogP contribution in [0, 0.1) is 28.9 Å². The Kier molecular flexibility index (Phi) is 7.39. The Hall–Kier alpha value is -3.84. The zero-order valence-corrected chi connectivity index (χ0v) is 26.4. The number of fused-ring (bicyclic) bond motifs is 6. The minimum absolute atomic E-state index is 0.0130. The number of ether oxygens (including phenoxy) is 2. The summed E-state index contributed by atoms with van der Waals surface area (Å²) in [7, 11) is 1.63. The average molecular weight is 669 g/mol. The monoisotopic (exact) mass is 668 g/mol. The topological polar surface area (TPSA) is 125 Å². The molecule has 0 saturated carbocycles. The Morgan fingerprint density at radius 1 is 1.21 bits per heavy atom. The number of nitrogens with two attached hydrogens (primary N) is 1. The molecule has 2 bridgehead atoms. The van der Waals surface area contributed by atoms with Gasteiger partial charge in [-0.1, -0.05) is 0 Å². The summed E-state index contributed by atoms with van der Waals surface area (Å²) in [5, 5.41) is 14.2. The van der Waals surface area contributed by atoms with E-state index in [1.807, 2.05) is 6.07 Å². The molecule has 4 aromatic rings. The number of pyridine rings is 1. The number of hydrogen-bond acceptors (Lipinski definition) is 11. The predicted molar refractivity (Wildman–Crippen MR) is 169 cm³/mol. The van der Waals surface area contributed by atoms with E-state index in [0.29, 0.717) is 28.2 Å². The number of benzene rings is 1. The molecule has 8 rings (SSSR count). The molecule has 3 saturated heterocycles. The van der Waals surface area contributed by atoms with Gasteiger partial charge in [0.05, 0.1) is 47.3 Å². The normalized spacial score (nSPS) is 24.1. The first-order chi connectivity index (χ1) is 22.6. The maximum atomic E-state index is 17.2. The van der Waals surface area contributed by atoms with Crippen molar-refractivity contribution in [1.82, 2.24) is 25.2 Å². The zero-order chi connectivity index (χ0) is 32.6. The van der Waals surface area contributed by atoms with Crippen molar-refractivity contribution in [1.29, 1.82) is 5.26 Å². The highest BCUT2D eigenvalue weighted by molar-refractivity contribution is 7.23. The molecule has 246 valence electrons. The van der Waals surface area contributed by atoms with Crippen LogP contribution in [0.5, 0.6) is 6.01 Å². The molecule has 0 radical (unpaired) electrons. The fourth-order valence-corrected chi connectivity index (χ4v) is 8.62. The summed E-state index contributed by atoms with van der Waals surface area (Å²) in [6, 6.07) is 1.79. The summed E-state index contributed by atoms with van der Waals surface area (Å²) >= 11 is 0.911. The van der Waals surface area contributed by atoms with Crippen LogP contribution in [0.4, 0.5) is 28.4 Å². The molecule has 47 heavy (non-hydrogen) atoms. The van der Waals surface area contributed by atoms with E-state index in [0.717, 1.165) is 50.0 Å². The first-order valence-electron chi connectivity index (χ1n) is 15.7. The lowest BCUT2D eigenvalue weighted by Crippen LogP contribution is -2.48. The Bertz CT molecular complexity index is 1970. The van der Waals surface area contributed by atoms with Crippen LogP contribution in [0.3, 0.4) is 0 Å². The number of alkyl halides is 2. The molecular formula is C32H32F4N8O2S. The minimum Gasteiger partial charge on any atom is -0.462 e. The maximum Gasteiger partial charge on any atom is 0.319 e. The van der Waals surface area contributed by atoms with Crippen molar-refractivity contribution in [3.8, 4) is 23.3 Å². The van der Waals surface area contributed by atoms with Crippen LogP contribution < -0.4 is 20.7 Å². The van der Waals surface area contributed by atoms with Crippen LogP contribution in [-0.2, 0) is 18.0 Å². The van der Waals surface area contributed by atoms with Crippen molar-refractivity contribution in [3.63, 3.8) is 0 Å². The number of nitrogens with zero attached hydrogens (tertiary/aromatic N) is 6. The quantitative estimate of drug-likeness (QED) is 0.282. The standard InChI is InChI=1S/C32H32F4N8O2S/c1-43-14-32(35,36)4-2-16(43)11-46-31-41-27-24(30(42-31)44-10-15-3-5-39-8-17(44)6-15)20-13-45-12-19(20)22(25(27)34)26-23-18(7-37)29(38)47-28(23)21(33)9-40-26/h9,15-17,39H,2-6,8,10-14,38H2,1H3/t15?,16-,17?/m0/s1. The van der Waals surface area contributed by atoms with E-state index in [1.165, 1.54) is 0 Å². The number of nitriles is 1. The number of aromatic nitrogens is 3. The van der Waals surface area contributed by atoms with Crippen molar-refractivity contribution < 1.29 is 27.0 Å². The Labute approximate surface area is 271 Å². The number of thiophene rings is 1. The molecule has 7 heterocycles. The SMILES string of the molecule is CN1CC(F)(F)CC[C@H]1COc1nc(N2CC3CCNCC2C3)c2c3c(c(-c4ncc(F)c5sc(N)c(C#N)c45)c(F)c2n1)COC3. The first kappa shape index (κ1) is 30.5. The summed E-state index contributed by atoms with van der Waals surface area (Å²) in [6.45, 7) is 2.31. The van der Waals surface area contributed by atoms with Crippen LogP contribution >= 0.6 is 11.3 Å². The second kappa shape index (κ2) is 11.4. The minimum atomic E-state index is -2.77. The number of anilines is 2. The van der Waals surface area contributed by atoms with E-state index >= 15 is 4.39 Å². The highest BCUT2D eigenvalue weighted by Crippen LogP contribution is 2.47. The molecule has 2 unspecified atom stereocenters. The van der Waals surface area contributed by atoms with Crippen LogP contribution in [0.25, 0.3) is 32.2 Å². The van der Waals surface area contributed by atoms with Gasteiger partial charge in [0.1, 0.15) is 29.0 Å². The molecule has 3 N–H and O–H groups in total. The number of likely N-dealkylation sites (N-methyl/N-ethyl adjacent to an activating group) is 1. The number of piperidine rings is 1. The summed E-state index contributed by atoms with van der Waals surface area (Å²) in [5.41, 5.74) is 7.48. The van der Waals surface area contributed by atoms with Crippen molar-refractivity contribution in [2.75, 3.05) is 50.5 Å². The number of rotatable bonds is 5. The van der Waals surface area contributed by atoms with Gasteiger partial charge >= 0.3 is 6.01 Å². The van der Waals surface area contributed by atoms with Gasteiger partial charge in [0, 0.05) is 42.5 Å². The fraction of sp³-hybridized carbons (Fsp3) is 0.500. The van der Waals surface area contributed by atoms with Crippen molar-refractivity contribution >= 4 is 43.1 Å². The molecule has 3 aromatic heterocycles. The third kappa shape index (κ3) is 5.04. The van der Waals surface area contributed by atoms with E-state index in [2.05, 4.69) is 20.2 Å². The van der Waals surface area contributed by atoms with E-state index < -0.39 is 17.6 Å². The molecule has 4 aliphatic heterocycles. The van der Waals surface area contributed by atoms with Gasteiger partial charge in [-0.2, -0.15) is 15.2 Å². The van der Waals surface area contributed by atoms with Crippen LogP contribution in [-0.4, -0.2) is 77.7 Å². The molecule has 3 fully saturated rings. The summed E-state index contributed by atoms with van der Waals surface area (Å²) < 4.78 is 72.3. The van der Waals surface area contributed by atoms with Gasteiger partial charge in [0.25, 0.3) is 5.92 Å². The van der Waals surface area contributed by atoms with E-state index in [9.17, 15) is 18.4 Å². The lowest BCUT2D eigenvalue weighted by molar-refractivity contribution is -0.0804. The van der Waals surface area contributed by atoms with Crippen molar-refractivity contribution in [2.45, 2.75) is 56.9 Å². The summed E-state index contributed by atoms with van der Waals surface area (Å²) in [4.78, 5) is 17.5. The largest absolute Gasteiger partial charge is 0.462 e. The zero-order valence-electron chi connectivity index (χ0n) is 25.6. The van der Waals surface area contributed by atoms with Gasteiger partial charge in [0.2, 0.25) is 0 Å². The highest BCUT2D eigenvalue weighted by atomic mass is 32.1. The van der Waals surface area contributed by atoms with E-state index in [1.54, 1.807) is 11.9 Å². The molecule has 3 atom stereocenters. The summed E-state index contributed by atoms with van der Waals surface area (Å²) in [5.74, 6) is -3.18. The molecule has 1 aromatic carbocycles. The third-order valence-corrected chi connectivity index (χ3v) is 11.1. The molecule has 0 amide bonds. The van der Waals surface area contributed by atoms with Gasteiger partial charge in [-0.3, -0.25) is 9.88 Å². The van der Waals surface area contributed by atoms with Gasteiger partial charge in [-0.05, 0) is 49.9 Å². The van der Waals surface area contributed by atoms with Crippen molar-refractivity contribution in [2.24, 2.45) is 5.92 Å². The van der Waals surface area contributed by atoms with E-state index in [-0.39, 0.29) is 94.7 Å². The Balaban J connectivity index is 1.32. The molecule has 4 aliphatic rings. The summed E-state index contributed by atoms with van der Waals surface area (Å²) in [6.07, 6.45) is 2.95. The number of nitrogen functional groups attached to an aromatic ring is 1. The predicted octanol–water partition coefficient (Wildman–Crippen LogP) is 4.97.